The number of carbonyl (C=O) groups excluding carboxylic acids is 1. The van der Waals surface area contributed by atoms with Crippen LogP contribution in [-0.2, 0) is 4.79 Å². The number of rotatable bonds is 3. The van der Waals surface area contributed by atoms with E-state index in [1.54, 1.807) is 0 Å². The standard InChI is InChI=1S/C10H13N2O/c13-6-5-11-10-7-8-3-1-2-4-9(8)12-10/h1-4,8-12H,5,7H2. The zero-order chi connectivity index (χ0) is 9.10. The summed E-state index contributed by atoms with van der Waals surface area (Å²) in [7, 11) is 0. The van der Waals surface area contributed by atoms with Gasteiger partial charge in [0, 0.05) is 6.04 Å². The van der Waals surface area contributed by atoms with Crippen LogP contribution in [0.1, 0.15) is 6.42 Å². The van der Waals surface area contributed by atoms with E-state index in [0.717, 1.165) is 6.42 Å². The van der Waals surface area contributed by atoms with Gasteiger partial charge >= 0.3 is 0 Å². The number of allylic oxidation sites excluding steroid dienone is 2. The van der Waals surface area contributed by atoms with Crippen LogP contribution >= 0.6 is 0 Å². The van der Waals surface area contributed by atoms with Crippen molar-refractivity contribution in [2.45, 2.75) is 18.6 Å². The third kappa shape index (κ3) is 1.87. The summed E-state index contributed by atoms with van der Waals surface area (Å²) in [5.41, 5.74) is 0. The van der Waals surface area contributed by atoms with E-state index in [1.165, 1.54) is 0 Å². The van der Waals surface area contributed by atoms with Crippen LogP contribution in [0.15, 0.2) is 24.3 Å². The van der Waals surface area contributed by atoms with Gasteiger partial charge in [0.15, 0.2) is 0 Å². The monoisotopic (exact) mass is 177 g/mol. The lowest BCUT2D eigenvalue weighted by Gasteiger charge is -2.14. The first-order valence-electron chi connectivity index (χ1n) is 4.59. The third-order valence-corrected chi connectivity index (χ3v) is 2.57. The average molecular weight is 177 g/mol. The van der Waals surface area contributed by atoms with Crippen LogP contribution in [0.2, 0.25) is 0 Å². The van der Waals surface area contributed by atoms with E-state index >= 15 is 0 Å². The Morgan fingerprint density at radius 3 is 3.08 bits per heavy atom. The molecular weight excluding hydrogens is 164 g/mol. The van der Waals surface area contributed by atoms with Crippen molar-refractivity contribution in [2.75, 3.05) is 6.54 Å². The molecule has 3 heteroatoms. The van der Waals surface area contributed by atoms with Gasteiger partial charge in [-0.2, -0.15) is 0 Å². The first kappa shape index (κ1) is 8.66. The molecule has 2 aliphatic rings. The molecule has 3 atom stereocenters. The highest BCUT2D eigenvalue weighted by molar-refractivity contribution is 5.52. The molecule has 0 aromatic heterocycles. The smallest absolute Gasteiger partial charge is 0.213 e. The van der Waals surface area contributed by atoms with Crippen molar-refractivity contribution in [3.63, 3.8) is 0 Å². The second-order valence-electron chi connectivity index (χ2n) is 3.44. The highest BCUT2D eigenvalue weighted by atomic mass is 16.1. The molecule has 1 radical (unpaired) electrons. The minimum Gasteiger partial charge on any atom is -0.295 e. The summed E-state index contributed by atoms with van der Waals surface area (Å²) in [6.45, 7) is 0.310. The topological polar surface area (TPSA) is 41.1 Å². The normalized spacial score (nSPS) is 36.2. The lowest BCUT2D eigenvalue weighted by atomic mass is 9.96. The summed E-state index contributed by atoms with van der Waals surface area (Å²) < 4.78 is 0. The maximum absolute atomic E-state index is 10.0. The van der Waals surface area contributed by atoms with Crippen molar-refractivity contribution in [3.05, 3.63) is 24.3 Å². The van der Waals surface area contributed by atoms with Gasteiger partial charge in [-0.15, -0.1) is 0 Å². The lowest BCUT2D eigenvalue weighted by Crippen LogP contribution is -2.41. The van der Waals surface area contributed by atoms with Gasteiger partial charge in [-0.3, -0.25) is 15.4 Å². The maximum Gasteiger partial charge on any atom is 0.213 e. The second-order valence-corrected chi connectivity index (χ2v) is 3.44. The van der Waals surface area contributed by atoms with E-state index in [9.17, 15) is 4.79 Å². The van der Waals surface area contributed by atoms with Gasteiger partial charge < -0.3 is 0 Å². The minimum absolute atomic E-state index is 0.254. The minimum atomic E-state index is 0.254. The molecule has 1 fully saturated rings. The molecule has 1 aliphatic carbocycles. The largest absolute Gasteiger partial charge is 0.295 e. The third-order valence-electron chi connectivity index (χ3n) is 2.57. The Kier molecular flexibility index (Phi) is 2.57. The second kappa shape index (κ2) is 3.85. The molecule has 0 aromatic carbocycles. The van der Waals surface area contributed by atoms with Crippen molar-refractivity contribution in [3.8, 4) is 0 Å². The zero-order valence-corrected chi connectivity index (χ0v) is 7.36. The fourth-order valence-electron chi connectivity index (χ4n) is 1.94. The Bertz CT molecular complexity index is 227. The van der Waals surface area contributed by atoms with Crippen molar-refractivity contribution in [1.82, 2.24) is 10.6 Å². The van der Waals surface area contributed by atoms with Gasteiger partial charge in [-0.25, -0.2) is 0 Å². The fourth-order valence-corrected chi connectivity index (χ4v) is 1.94. The van der Waals surface area contributed by atoms with E-state index in [0.29, 0.717) is 18.5 Å². The first-order chi connectivity index (χ1) is 6.40. The van der Waals surface area contributed by atoms with Gasteiger partial charge in [-0.05, 0) is 12.3 Å². The Morgan fingerprint density at radius 2 is 2.31 bits per heavy atom. The van der Waals surface area contributed by atoms with E-state index in [-0.39, 0.29) is 6.17 Å². The summed E-state index contributed by atoms with van der Waals surface area (Å²) in [6.07, 6.45) is 11.7. The molecule has 3 unspecified atom stereocenters. The van der Waals surface area contributed by atoms with E-state index in [1.807, 2.05) is 6.29 Å². The van der Waals surface area contributed by atoms with Crippen molar-refractivity contribution in [1.29, 1.82) is 0 Å². The van der Waals surface area contributed by atoms with Gasteiger partial charge in [0.2, 0.25) is 6.29 Å². The maximum atomic E-state index is 10.0. The van der Waals surface area contributed by atoms with Crippen molar-refractivity contribution < 1.29 is 4.79 Å². The summed E-state index contributed by atoms with van der Waals surface area (Å²) in [6, 6.07) is 0.439. The predicted molar refractivity (Wildman–Crippen MR) is 50.8 cm³/mol. The molecule has 13 heavy (non-hydrogen) atoms. The fraction of sp³-hybridized carbons (Fsp3) is 0.500. The summed E-state index contributed by atoms with van der Waals surface area (Å²) in [5.74, 6) is 0.578. The molecule has 69 valence electrons. The quantitative estimate of drug-likeness (QED) is 0.643. The van der Waals surface area contributed by atoms with Gasteiger partial charge in [0.05, 0.1) is 12.7 Å². The molecule has 0 saturated carbocycles. The van der Waals surface area contributed by atoms with E-state index in [4.69, 9.17) is 0 Å². The van der Waals surface area contributed by atoms with Gasteiger partial charge in [0.1, 0.15) is 0 Å². The Labute approximate surface area is 77.9 Å². The highest BCUT2D eigenvalue weighted by Gasteiger charge is 2.30. The Hall–Kier alpha value is -0.930. The molecule has 1 heterocycles. The molecular formula is C10H13N2O. The number of fused-ring (bicyclic) bond motifs is 1. The highest BCUT2D eigenvalue weighted by Crippen LogP contribution is 2.23. The molecule has 0 aromatic rings. The number of hydrogen-bond acceptors (Lipinski definition) is 3. The number of hydrogen-bond donors (Lipinski definition) is 2. The first-order valence-corrected chi connectivity index (χ1v) is 4.59. The summed E-state index contributed by atoms with van der Waals surface area (Å²) >= 11 is 0. The molecule has 2 rings (SSSR count). The van der Waals surface area contributed by atoms with Crippen molar-refractivity contribution in [2.24, 2.45) is 5.92 Å². The molecule has 2 N–H and O–H groups in total. The molecule has 1 saturated heterocycles. The molecule has 0 amide bonds. The van der Waals surface area contributed by atoms with Crippen molar-refractivity contribution >= 4 is 6.29 Å². The lowest BCUT2D eigenvalue weighted by molar-refractivity contribution is 0.485. The summed E-state index contributed by atoms with van der Waals surface area (Å²) in [4.78, 5) is 10.0. The van der Waals surface area contributed by atoms with Crippen LogP contribution in [0.5, 0.6) is 0 Å². The molecule has 0 bridgehead atoms. The summed E-state index contributed by atoms with van der Waals surface area (Å²) in [5, 5.41) is 6.48. The van der Waals surface area contributed by atoms with Crippen LogP contribution in [0.4, 0.5) is 0 Å². The van der Waals surface area contributed by atoms with Crippen LogP contribution in [0.3, 0.4) is 0 Å². The van der Waals surface area contributed by atoms with E-state index < -0.39 is 0 Å². The van der Waals surface area contributed by atoms with Crippen LogP contribution in [-0.4, -0.2) is 25.0 Å². The van der Waals surface area contributed by atoms with Gasteiger partial charge in [-0.1, -0.05) is 24.3 Å². The SMILES string of the molecule is O=[C]CNC1CC2C=CC=CC2N1. The Balaban J connectivity index is 1.89. The molecule has 1 aliphatic heterocycles. The molecule has 3 nitrogen and oxygen atoms in total. The molecule has 0 spiro atoms. The van der Waals surface area contributed by atoms with Crippen LogP contribution in [0, 0.1) is 5.92 Å². The van der Waals surface area contributed by atoms with Crippen LogP contribution in [0.25, 0.3) is 0 Å². The zero-order valence-electron chi connectivity index (χ0n) is 7.36. The van der Waals surface area contributed by atoms with Crippen LogP contribution < -0.4 is 10.6 Å². The van der Waals surface area contributed by atoms with E-state index in [2.05, 4.69) is 34.9 Å². The van der Waals surface area contributed by atoms with Gasteiger partial charge in [0.25, 0.3) is 0 Å². The predicted octanol–water partition coefficient (Wildman–Crippen LogP) is 0.116. The number of nitrogens with one attached hydrogen (secondary N) is 2. The average Bonchev–Trinajstić information content (AvgIpc) is 2.57. The Morgan fingerprint density at radius 1 is 1.46 bits per heavy atom.